The molecule has 172 valence electrons. The van der Waals surface area contributed by atoms with Gasteiger partial charge in [0.2, 0.25) is 5.91 Å². The second-order valence-corrected chi connectivity index (χ2v) is 7.19. The lowest BCUT2D eigenvalue weighted by atomic mass is 10.1. The summed E-state index contributed by atoms with van der Waals surface area (Å²) < 4.78 is 49.2. The van der Waals surface area contributed by atoms with Gasteiger partial charge in [0.05, 0.1) is 31.1 Å². The number of carbonyl (C=O) groups is 1. The van der Waals surface area contributed by atoms with Crippen molar-refractivity contribution < 1.29 is 32.4 Å². The zero-order valence-electron chi connectivity index (χ0n) is 17.5. The molecule has 0 aromatic heterocycles. The van der Waals surface area contributed by atoms with E-state index in [4.69, 9.17) is 9.47 Å². The summed E-state index contributed by atoms with van der Waals surface area (Å²) in [7, 11) is 3.02. The maximum atomic E-state index is 12.9. The van der Waals surface area contributed by atoms with Gasteiger partial charge in [-0.25, -0.2) is 0 Å². The number of piperazine rings is 1. The number of alkyl halides is 3. The topological polar surface area (TPSA) is 85.2 Å². The predicted octanol–water partition coefficient (Wildman–Crippen LogP) is 3.52. The molecule has 1 aliphatic rings. The first-order valence-electron chi connectivity index (χ1n) is 9.73. The SMILES string of the molecule is COc1ccc(CC(=O)N2CCN(c3ccc(C(F)(F)F)cc3[N+](=O)[O-])CC2)cc1OC. The predicted molar refractivity (Wildman–Crippen MR) is 110 cm³/mol. The normalized spacial score (nSPS) is 14.3. The van der Waals surface area contributed by atoms with Gasteiger partial charge in [0.15, 0.2) is 11.5 Å². The molecule has 3 rings (SSSR count). The molecule has 0 saturated carbocycles. The lowest BCUT2D eigenvalue weighted by Crippen LogP contribution is -2.49. The smallest absolute Gasteiger partial charge is 0.416 e. The van der Waals surface area contributed by atoms with E-state index in [1.54, 1.807) is 28.0 Å². The Kier molecular flexibility index (Phi) is 6.75. The van der Waals surface area contributed by atoms with E-state index < -0.39 is 22.4 Å². The molecule has 0 spiro atoms. The molecule has 0 radical (unpaired) electrons. The van der Waals surface area contributed by atoms with Gasteiger partial charge in [0.25, 0.3) is 5.69 Å². The van der Waals surface area contributed by atoms with Gasteiger partial charge in [-0.3, -0.25) is 14.9 Å². The summed E-state index contributed by atoms with van der Waals surface area (Å²) in [5.74, 6) is 0.937. The average molecular weight is 453 g/mol. The monoisotopic (exact) mass is 453 g/mol. The molecule has 1 amide bonds. The summed E-state index contributed by atoms with van der Waals surface area (Å²) in [6.07, 6.45) is -4.53. The second kappa shape index (κ2) is 9.33. The van der Waals surface area contributed by atoms with Crippen LogP contribution >= 0.6 is 0 Å². The lowest BCUT2D eigenvalue weighted by Gasteiger charge is -2.36. The van der Waals surface area contributed by atoms with Crippen molar-refractivity contribution in [2.75, 3.05) is 45.3 Å². The molecule has 2 aromatic rings. The van der Waals surface area contributed by atoms with Gasteiger partial charge in [0.1, 0.15) is 5.69 Å². The summed E-state index contributed by atoms with van der Waals surface area (Å²) in [6.45, 7) is 1.13. The number of carbonyl (C=O) groups excluding carboxylic acids is 1. The molecule has 0 atom stereocenters. The van der Waals surface area contributed by atoms with E-state index in [0.717, 1.165) is 17.7 Å². The number of methoxy groups -OCH3 is 2. The molecular formula is C21H22F3N3O5. The van der Waals surface area contributed by atoms with Crippen LogP contribution in [-0.2, 0) is 17.4 Å². The van der Waals surface area contributed by atoms with Crippen LogP contribution in [0, 0.1) is 10.1 Å². The van der Waals surface area contributed by atoms with E-state index in [1.807, 2.05) is 0 Å². The molecular weight excluding hydrogens is 431 g/mol. The number of halogens is 3. The van der Waals surface area contributed by atoms with Crippen LogP contribution in [0.25, 0.3) is 0 Å². The Hall–Kier alpha value is -3.50. The standard InChI is InChI=1S/C21H22F3N3O5/c1-31-18-6-3-14(11-19(18)32-2)12-20(28)26-9-7-25(8-10-26)16-5-4-15(21(22,23)24)13-17(16)27(29)30/h3-6,11,13H,7-10,12H2,1-2H3. The summed E-state index contributed by atoms with van der Waals surface area (Å²) >= 11 is 0. The Morgan fingerprint density at radius 3 is 2.25 bits per heavy atom. The number of ether oxygens (including phenoxy) is 2. The van der Waals surface area contributed by atoms with Crippen molar-refractivity contribution >= 4 is 17.3 Å². The number of nitro benzene ring substituents is 1. The van der Waals surface area contributed by atoms with E-state index in [1.165, 1.54) is 14.2 Å². The van der Waals surface area contributed by atoms with Crippen molar-refractivity contribution in [3.63, 3.8) is 0 Å². The van der Waals surface area contributed by atoms with Crippen molar-refractivity contribution in [2.45, 2.75) is 12.6 Å². The highest BCUT2D eigenvalue weighted by Crippen LogP contribution is 2.37. The molecule has 32 heavy (non-hydrogen) atoms. The summed E-state index contributed by atoms with van der Waals surface area (Å²) in [5.41, 5.74) is -0.829. The second-order valence-electron chi connectivity index (χ2n) is 7.19. The molecule has 11 heteroatoms. The quantitative estimate of drug-likeness (QED) is 0.492. The Morgan fingerprint density at radius 1 is 1.03 bits per heavy atom. The highest BCUT2D eigenvalue weighted by Gasteiger charge is 2.34. The minimum Gasteiger partial charge on any atom is -0.493 e. The van der Waals surface area contributed by atoms with Gasteiger partial charge in [-0.1, -0.05) is 6.07 Å². The Morgan fingerprint density at radius 2 is 1.69 bits per heavy atom. The molecule has 0 unspecified atom stereocenters. The third-order valence-corrected chi connectivity index (χ3v) is 5.28. The maximum absolute atomic E-state index is 12.9. The largest absolute Gasteiger partial charge is 0.493 e. The number of anilines is 1. The van der Waals surface area contributed by atoms with Crippen LogP contribution in [-0.4, -0.2) is 56.1 Å². The van der Waals surface area contributed by atoms with E-state index >= 15 is 0 Å². The van der Waals surface area contributed by atoms with Crippen LogP contribution in [0.15, 0.2) is 36.4 Å². The Labute approximate surface area is 182 Å². The van der Waals surface area contributed by atoms with Crippen LogP contribution in [0.5, 0.6) is 11.5 Å². The first kappa shape index (κ1) is 23.2. The van der Waals surface area contributed by atoms with E-state index in [9.17, 15) is 28.1 Å². The fourth-order valence-corrected chi connectivity index (χ4v) is 3.59. The average Bonchev–Trinajstić information content (AvgIpc) is 2.78. The first-order chi connectivity index (χ1) is 15.1. The molecule has 1 aliphatic heterocycles. The van der Waals surface area contributed by atoms with Crippen molar-refractivity contribution in [3.8, 4) is 11.5 Å². The minimum absolute atomic E-state index is 0.106. The molecule has 8 nitrogen and oxygen atoms in total. The zero-order valence-corrected chi connectivity index (χ0v) is 17.5. The highest BCUT2D eigenvalue weighted by molar-refractivity contribution is 5.79. The maximum Gasteiger partial charge on any atom is 0.416 e. The third-order valence-electron chi connectivity index (χ3n) is 5.28. The summed E-state index contributed by atoms with van der Waals surface area (Å²) in [6, 6.07) is 7.69. The van der Waals surface area contributed by atoms with Crippen molar-refractivity contribution in [1.29, 1.82) is 0 Å². The van der Waals surface area contributed by atoms with Crippen LogP contribution in [0.3, 0.4) is 0 Å². The summed E-state index contributed by atoms with van der Waals surface area (Å²) in [4.78, 5) is 26.5. The van der Waals surface area contributed by atoms with Gasteiger partial charge in [0, 0.05) is 32.2 Å². The number of hydrogen-bond acceptors (Lipinski definition) is 6. The van der Waals surface area contributed by atoms with Crippen LogP contribution in [0.2, 0.25) is 0 Å². The van der Waals surface area contributed by atoms with Crippen molar-refractivity contribution in [3.05, 3.63) is 57.6 Å². The third kappa shape index (κ3) is 5.04. The van der Waals surface area contributed by atoms with Gasteiger partial charge >= 0.3 is 6.18 Å². The number of amides is 1. The highest BCUT2D eigenvalue weighted by atomic mass is 19.4. The fraction of sp³-hybridized carbons (Fsp3) is 0.381. The Balaban J connectivity index is 1.67. The molecule has 0 aliphatic carbocycles. The molecule has 2 aromatic carbocycles. The number of nitrogens with zero attached hydrogens (tertiary/aromatic N) is 3. The number of hydrogen-bond donors (Lipinski definition) is 0. The molecule has 1 saturated heterocycles. The Bertz CT molecular complexity index is 1000. The minimum atomic E-state index is -4.67. The fourth-order valence-electron chi connectivity index (χ4n) is 3.59. The first-order valence-corrected chi connectivity index (χ1v) is 9.73. The van der Waals surface area contributed by atoms with E-state index in [-0.39, 0.29) is 31.1 Å². The van der Waals surface area contributed by atoms with Gasteiger partial charge in [-0.2, -0.15) is 13.2 Å². The number of benzene rings is 2. The molecule has 1 heterocycles. The van der Waals surface area contributed by atoms with Crippen molar-refractivity contribution in [2.24, 2.45) is 0 Å². The van der Waals surface area contributed by atoms with Crippen LogP contribution in [0.1, 0.15) is 11.1 Å². The van der Waals surface area contributed by atoms with Crippen molar-refractivity contribution in [1.82, 2.24) is 4.90 Å². The van der Waals surface area contributed by atoms with Crippen LogP contribution < -0.4 is 14.4 Å². The van der Waals surface area contributed by atoms with Gasteiger partial charge in [-0.15, -0.1) is 0 Å². The van der Waals surface area contributed by atoms with E-state index in [2.05, 4.69) is 0 Å². The van der Waals surface area contributed by atoms with Crippen LogP contribution in [0.4, 0.5) is 24.5 Å². The molecule has 0 N–H and O–H groups in total. The summed E-state index contributed by atoms with van der Waals surface area (Å²) in [5, 5.41) is 11.3. The number of nitro groups is 1. The lowest BCUT2D eigenvalue weighted by molar-refractivity contribution is -0.384. The van der Waals surface area contributed by atoms with E-state index in [0.29, 0.717) is 30.7 Å². The molecule has 0 bridgehead atoms. The van der Waals surface area contributed by atoms with Gasteiger partial charge < -0.3 is 19.3 Å². The zero-order chi connectivity index (χ0) is 23.5. The molecule has 1 fully saturated rings. The van der Waals surface area contributed by atoms with Gasteiger partial charge in [-0.05, 0) is 29.8 Å². The number of rotatable bonds is 6.